The molecule has 234 valence electrons. The predicted octanol–water partition coefficient (Wildman–Crippen LogP) is 5.54. The maximum absolute atomic E-state index is 14.0. The van der Waals surface area contributed by atoms with Gasteiger partial charge in [-0.3, -0.25) is 14.4 Å². The first-order valence-electron chi connectivity index (χ1n) is 13.8. The SMILES string of the molecule is Cc1ccc(F)c(NC(=O)Nc2ccc(-c3cc(C(=O)N=S(=O)(CCCCC(=O)O)CCCCC(=O)O)cnc3N)cc2)c1. The van der Waals surface area contributed by atoms with Gasteiger partial charge in [-0.1, -0.05) is 18.2 Å². The Balaban J connectivity index is 1.76. The van der Waals surface area contributed by atoms with E-state index in [1.807, 2.05) is 0 Å². The molecule has 0 saturated carbocycles. The van der Waals surface area contributed by atoms with E-state index in [-0.39, 0.29) is 67.1 Å². The molecule has 3 rings (SSSR count). The maximum Gasteiger partial charge on any atom is 0.323 e. The van der Waals surface area contributed by atoms with Gasteiger partial charge < -0.3 is 26.6 Å². The quantitative estimate of drug-likeness (QED) is 0.142. The summed E-state index contributed by atoms with van der Waals surface area (Å²) in [4.78, 5) is 51.2. The molecule has 0 spiro atoms. The van der Waals surface area contributed by atoms with Crippen molar-refractivity contribution in [2.45, 2.75) is 45.4 Å². The molecule has 14 heteroatoms. The standard InChI is InChI=1S/C30H34FN5O7S/c1-19-8-13-24(31)25(16-19)35-30(42)34-22-11-9-20(10-12-22)23-17-21(18-33-28(23)32)29(41)36-44(43,14-4-2-6-26(37)38)15-5-3-7-27(39)40/h8-13,16-18H,2-7,14-15H2,1H3,(H2,32,33)(H,37,38)(H,39,40)(H2,34,35,42). The van der Waals surface area contributed by atoms with Crippen LogP contribution in [0.2, 0.25) is 0 Å². The van der Waals surface area contributed by atoms with E-state index in [2.05, 4.69) is 20.0 Å². The van der Waals surface area contributed by atoms with Crippen LogP contribution in [0.4, 0.5) is 26.4 Å². The van der Waals surface area contributed by atoms with Gasteiger partial charge in [-0.15, -0.1) is 0 Å². The number of benzene rings is 2. The second kappa shape index (κ2) is 15.6. The third-order valence-corrected chi connectivity index (χ3v) is 8.80. The number of amides is 3. The number of urea groups is 1. The molecule has 2 aromatic carbocycles. The first-order valence-corrected chi connectivity index (χ1v) is 15.6. The highest BCUT2D eigenvalue weighted by molar-refractivity contribution is 7.93. The highest BCUT2D eigenvalue weighted by atomic mass is 32.2. The molecular formula is C30H34FN5O7S. The Morgan fingerprint density at radius 3 is 2.11 bits per heavy atom. The normalized spacial score (nSPS) is 11.0. The molecule has 0 saturated heterocycles. The number of halogens is 1. The Morgan fingerprint density at radius 2 is 1.52 bits per heavy atom. The third-order valence-electron chi connectivity index (χ3n) is 6.45. The van der Waals surface area contributed by atoms with Crippen LogP contribution in [0.5, 0.6) is 0 Å². The minimum Gasteiger partial charge on any atom is -0.481 e. The van der Waals surface area contributed by atoms with Gasteiger partial charge in [0.15, 0.2) is 0 Å². The summed E-state index contributed by atoms with van der Waals surface area (Å²) in [6.45, 7) is 1.77. The highest BCUT2D eigenvalue weighted by Gasteiger charge is 2.17. The fourth-order valence-corrected chi connectivity index (χ4v) is 6.29. The number of aliphatic carboxylic acids is 2. The zero-order valence-corrected chi connectivity index (χ0v) is 24.9. The van der Waals surface area contributed by atoms with Gasteiger partial charge in [0.05, 0.1) is 21.0 Å². The number of carboxylic acids is 2. The fraction of sp³-hybridized carbons (Fsp3) is 0.300. The van der Waals surface area contributed by atoms with Crippen molar-refractivity contribution in [1.29, 1.82) is 0 Å². The molecule has 12 nitrogen and oxygen atoms in total. The van der Waals surface area contributed by atoms with Gasteiger partial charge in [-0.2, -0.15) is 4.36 Å². The number of aromatic nitrogens is 1. The monoisotopic (exact) mass is 627 g/mol. The number of pyridine rings is 1. The van der Waals surface area contributed by atoms with Gasteiger partial charge in [0, 0.05) is 41.8 Å². The predicted molar refractivity (Wildman–Crippen MR) is 165 cm³/mol. The van der Waals surface area contributed by atoms with Crippen molar-refractivity contribution in [3.05, 3.63) is 71.7 Å². The summed E-state index contributed by atoms with van der Waals surface area (Å²) >= 11 is 0. The van der Waals surface area contributed by atoms with Crippen molar-refractivity contribution in [2.24, 2.45) is 4.36 Å². The number of unbranched alkanes of at least 4 members (excludes halogenated alkanes) is 2. The summed E-state index contributed by atoms with van der Waals surface area (Å²) in [5.74, 6) is -3.25. The number of nitrogens with zero attached hydrogens (tertiary/aromatic N) is 2. The lowest BCUT2D eigenvalue weighted by Gasteiger charge is -2.11. The number of hydrogen-bond donors (Lipinski definition) is 5. The molecular weight excluding hydrogens is 593 g/mol. The molecule has 0 aliphatic rings. The molecule has 6 N–H and O–H groups in total. The van der Waals surface area contributed by atoms with Crippen LogP contribution < -0.4 is 16.4 Å². The van der Waals surface area contributed by atoms with E-state index >= 15 is 0 Å². The van der Waals surface area contributed by atoms with E-state index in [1.165, 1.54) is 24.4 Å². The Bertz CT molecular complexity index is 1630. The van der Waals surface area contributed by atoms with Crippen molar-refractivity contribution < 1.29 is 38.0 Å². The molecule has 0 fully saturated rings. The van der Waals surface area contributed by atoms with Crippen LogP contribution in [0.1, 0.15) is 54.4 Å². The second-order valence-electron chi connectivity index (χ2n) is 10.1. The molecule has 0 aliphatic heterocycles. The number of anilines is 3. The van der Waals surface area contributed by atoms with E-state index in [4.69, 9.17) is 15.9 Å². The summed E-state index contributed by atoms with van der Waals surface area (Å²) < 4.78 is 31.5. The number of nitrogens with two attached hydrogens (primary N) is 1. The van der Waals surface area contributed by atoms with Crippen LogP contribution in [0.15, 0.2) is 59.1 Å². The van der Waals surface area contributed by atoms with Gasteiger partial charge in [0.1, 0.15) is 11.6 Å². The van der Waals surface area contributed by atoms with E-state index in [1.54, 1.807) is 37.3 Å². The lowest BCUT2D eigenvalue weighted by Crippen LogP contribution is -2.20. The fourth-order valence-electron chi connectivity index (χ4n) is 4.18. The summed E-state index contributed by atoms with van der Waals surface area (Å²) in [7, 11) is -3.10. The van der Waals surface area contributed by atoms with Crippen molar-refractivity contribution in [3.63, 3.8) is 0 Å². The molecule has 1 heterocycles. The number of carbonyl (C=O) groups excluding carboxylic acids is 2. The van der Waals surface area contributed by atoms with Crippen LogP contribution in [0, 0.1) is 12.7 Å². The number of aryl methyl sites for hydroxylation is 1. The summed E-state index contributed by atoms with van der Waals surface area (Å²) in [5, 5.41) is 22.8. The van der Waals surface area contributed by atoms with Gasteiger partial charge in [-0.25, -0.2) is 18.4 Å². The number of rotatable bonds is 14. The van der Waals surface area contributed by atoms with E-state index in [0.29, 0.717) is 16.8 Å². The number of carbonyl (C=O) groups is 4. The van der Waals surface area contributed by atoms with Crippen molar-refractivity contribution in [3.8, 4) is 11.1 Å². The molecule has 0 atom stereocenters. The lowest BCUT2D eigenvalue weighted by atomic mass is 10.0. The second-order valence-corrected chi connectivity index (χ2v) is 12.6. The van der Waals surface area contributed by atoms with Crippen LogP contribution in [0.3, 0.4) is 0 Å². The van der Waals surface area contributed by atoms with Crippen LogP contribution in [-0.4, -0.2) is 54.8 Å². The lowest BCUT2D eigenvalue weighted by molar-refractivity contribution is -0.138. The minimum absolute atomic E-state index is 0.00703. The van der Waals surface area contributed by atoms with E-state index < -0.39 is 39.4 Å². The molecule has 3 amide bonds. The Hall–Kier alpha value is -4.85. The molecule has 0 unspecified atom stereocenters. The summed E-state index contributed by atoms with van der Waals surface area (Å²) in [5.41, 5.74) is 8.26. The Morgan fingerprint density at radius 1 is 0.909 bits per heavy atom. The molecule has 0 aliphatic carbocycles. The van der Waals surface area contributed by atoms with Crippen LogP contribution in [-0.2, 0) is 19.3 Å². The smallest absolute Gasteiger partial charge is 0.323 e. The van der Waals surface area contributed by atoms with Gasteiger partial charge in [-0.05, 0) is 74.1 Å². The van der Waals surface area contributed by atoms with Crippen molar-refractivity contribution in [2.75, 3.05) is 27.9 Å². The summed E-state index contributed by atoms with van der Waals surface area (Å²) in [6, 6.07) is 11.6. The molecule has 44 heavy (non-hydrogen) atoms. The number of carboxylic acid groups (broad SMARTS) is 2. The van der Waals surface area contributed by atoms with Gasteiger partial charge >= 0.3 is 18.0 Å². The average molecular weight is 628 g/mol. The van der Waals surface area contributed by atoms with E-state index in [0.717, 1.165) is 5.56 Å². The average Bonchev–Trinajstić information content (AvgIpc) is 2.96. The number of hydrogen-bond acceptors (Lipinski definition) is 7. The maximum atomic E-state index is 14.0. The number of nitrogen functional groups attached to an aromatic ring is 1. The largest absolute Gasteiger partial charge is 0.481 e. The van der Waals surface area contributed by atoms with Crippen LogP contribution in [0.25, 0.3) is 11.1 Å². The number of nitrogens with one attached hydrogen (secondary N) is 2. The zero-order chi connectivity index (χ0) is 32.3. The van der Waals surface area contributed by atoms with Gasteiger partial charge in [0.25, 0.3) is 5.91 Å². The molecule has 1 aromatic heterocycles. The highest BCUT2D eigenvalue weighted by Crippen LogP contribution is 2.27. The summed E-state index contributed by atoms with van der Waals surface area (Å²) in [6.07, 6.45) is 2.04. The topological polar surface area (TPSA) is 201 Å². The zero-order valence-electron chi connectivity index (χ0n) is 24.0. The van der Waals surface area contributed by atoms with Crippen LogP contribution >= 0.6 is 0 Å². The van der Waals surface area contributed by atoms with Crippen molar-refractivity contribution >= 4 is 50.8 Å². The van der Waals surface area contributed by atoms with Gasteiger partial charge in [0.2, 0.25) is 0 Å². The molecule has 0 bridgehead atoms. The minimum atomic E-state index is -3.10. The molecule has 3 aromatic rings. The first-order chi connectivity index (χ1) is 20.8. The van der Waals surface area contributed by atoms with E-state index in [9.17, 15) is 27.8 Å². The Labute approximate surface area is 254 Å². The van der Waals surface area contributed by atoms with Crippen molar-refractivity contribution in [1.82, 2.24) is 4.98 Å². The molecule has 0 radical (unpaired) electrons. The third kappa shape index (κ3) is 10.5. The Kier molecular flexibility index (Phi) is 11.9. The first kappa shape index (κ1) is 33.6.